The van der Waals surface area contributed by atoms with Gasteiger partial charge < -0.3 is 4.74 Å². The van der Waals surface area contributed by atoms with Gasteiger partial charge >= 0.3 is 5.97 Å². The largest absolute Gasteiger partial charge is 0.465 e. The molecule has 1 fully saturated rings. The highest BCUT2D eigenvalue weighted by Crippen LogP contribution is 2.39. The van der Waals surface area contributed by atoms with Crippen LogP contribution in [0.25, 0.3) is 0 Å². The van der Waals surface area contributed by atoms with Crippen LogP contribution in [0.2, 0.25) is 0 Å². The number of carbonyl (C=O) groups excluding carboxylic acids is 2. The number of hydrogen-bond acceptors (Lipinski definition) is 3. The molecule has 0 aromatic heterocycles. The standard InChI is InChI=1S/C16H20O3/c1-3-19-15(18)16(10-4-5-14(16)17)11-13-8-6-12(2)7-9-13/h6-9H,3-5,10-11H2,1-2H3. The van der Waals surface area contributed by atoms with Crippen molar-refractivity contribution in [3.8, 4) is 0 Å². The van der Waals surface area contributed by atoms with Gasteiger partial charge in [0.2, 0.25) is 0 Å². The third-order valence-electron chi connectivity index (χ3n) is 3.83. The molecule has 1 unspecified atom stereocenters. The summed E-state index contributed by atoms with van der Waals surface area (Å²) >= 11 is 0. The first-order valence-corrected chi connectivity index (χ1v) is 6.84. The number of carbonyl (C=O) groups is 2. The lowest BCUT2D eigenvalue weighted by Crippen LogP contribution is -2.39. The Morgan fingerprint density at radius 3 is 2.53 bits per heavy atom. The van der Waals surface area contributed by atoms with Crippen molar-refractivity contribution < 1.29 is 14.3 Å². The number of Topliss-reactive ketones (excluding diaryl/α,β-unsaturated/α-hetero) is 1. The zero-order valence-electron chi connectivity index (χ0n) is 11.6. The molecule has 3 heteroatoms. The Balaban J connectivity index is 2.26. The SMILES string of the molecule is CCOC(=O)C1(Cc2ccc(C)cc2)CCCC1=O. The second-order valence-corrected chi connectivity index (χ2v) is 5.24. The smallest absolute Gasteiger partial charge is 0.319 e. The molecule has 0 spiro atoms. The fraction of sp³-hybridized carbons (Fsp3) is 0.500. The van der Waals surface area contributed by atoms with Gasteiger partial charge in [-0.05, 0) is 38.7 Å². The Morgan fingerprint density at radius 1 is 1.32 bits per heavy atom. The lowest BCUT2D eigenvalue weighted by Gasteiger charge is -2.25. The summed E-state index contributed by atoms with van der Waals surface area (Å²) in [7, 11) is 0. The molecule has 0 saturated heterocycles. The van der Waals surface area contributed by atoms with Crippen LogP contribution in [-0.4, -0.2) is 18.4 Å². The van der Waals surface area contributed by atoms with Gasteiger partial charge in [-0.1, -0.05) is 29.8 Å². The first-order chi connectivity index (χ1) is 9.08. The molecule has 0 aliphatic heterocycles. The van der Waals surface area contributed by atoms with Gasteiger partial charge in [0, 0.05) is 6.42 Å². The van der Waals surface area contributed by atoms with Crippen LogP contribution in [0.1, 0.15) is 37.3 Å². The summed E-state index contributed by atoms with van der Waals surface area (Å²) in [5.41, 5.74) is 1.26. The van der Waals surface area contributed by atoms with Crippen LogP contribution in [-0.2, 0) is 20.7 Å². The van der Waals surface area contributed by atoms with Gasteiger partial charge in [0.1, 0.15) is 5.41 Å². The van der Waals surface area contributed by atoms with Crippen LogP contribution in [0.15, 0.2) is 24.3 Å². The maximum atomic E-state index is 12.2. The van der Waals surface area contributed by atoms with Crippen molar-refractivity contribution in [2.24, 2.45) is 5.41 Å². The van der Waals surface area contributed by atoms with Gasteiger partial charge in [0.25, 0.3) is 0 Å². The molecule has 19 heavy (non-hydrogen) atoms. The molecule has 0 bridgehead atoms. The molecule has 1 aliphatic carbocycles. The average molecular weight is 260 g/mol. The number of aryl methyl sites for hydroxylation is 1. The highest BCUT2D eigenvalue weighted by Gasteiger charge is 2.49. The minimum Gasteiger partial charge on any atom is -0.465 e. The molecule has 102 valence electrons. The Bertz CT molecular complexity index is 475. The van der Waals surface area contributed by atoms with Crippen molar-refractivity contribution in [2.75, 3.05) is 6.61 Å². The summed E-state index contributed by atoms with van der Waals surface area (Å²) < 4.78 is 5.14. The van der Waals surface area contributed by atoms with Crippen molar-refractivity contribution >= 4 is 11.8 Å². The first kappa shape index (κ1) is 13.8. The first-order valence-electron chi connectivity index (χ1n) is 6.84. The Labute approximate surface area is 114 Å². The van der Waals surface area contributed by atoms with E-state index in [4.69, 9.17) is 4.74 Å². The Morgan fingerprint density at radius 2 is 2.00 bits per heavy atom. The molecule has 1 aromatic carbocycles. The van der Waals surface area contributed by atoms with Gasteiger partial charge in [0.05, 0.1) is 6.61 Å². The topological polar surface area (TPSA) is 43.4 Å². The van der Waals surface area contributed by atoms with Crippen LogP contribution >= 0.6 is 0 Å². The number of rotatable bonds is 4. The molecule has 1 atom stereocenters. The van der Waals surface area contributed by atoms with Gasteiger partial charge in [0.15, 0.2) is 5.78 Å². The highest BCUT2D eigenvalue weighted by molar-refractivity contribution is 6.05. The van der Waals surface area contributed by atoms with Crippen molar-refractivity contribution in [1.29, 1.82) is 0 Å². The van der Waals surface area contributed by atoms with E-state index in [-0.39, 0.29) is 11.8 Å². The summed E-state index contributed by atoms with van der Waals surface area (Å²) in [5, 5.41) is 0. The molecular weight excluding hydrogens is 240 g/mol. The van der Waals surface area contributed by atoms with E-state index >= 15 is 0 Å². The third kappa shape index (κ3) is 2.70. The van der Waals surface area contributed by atoms with Gasteiger partial charge in [-0.25, -0.2) is 0 Å². The molecule has 2 rings (SSSR count). The summed E-state index contributed by atoms with van der Waals surface area (Å²) in [5.74, 6) is -0.315. The maximum absolute atomic E-state index is 12.2. The van der Waals surface area contributed by atoms with Gasteiger partial charge in [-0.2, -0.15) is 0 Å². The Kier molecular flexibility index (Phi) is 4.03. The van der Waals surface area contributed by atoms with Crippen molar-refractivity contribution in [3.63, 3.8) is 0 Å². The fourth-order valence-corrected chi connectivity index (χ4v) is 2.73. The number of ether oxygens (including phenoxy) is 1. The van der Waals surface area contributed by atoms with Crippen molar-refractivity contribution in [1.82, 2.24) is 0 Å². The van der Waals surface area contributed by atoms with Crippen LogP contribution < -0.4 is 0 Å². The minimum absolute atomic E-state index is 0.0338. The van der Waals surface area contributed by atoms with Crippen LogP contribution in [0, 0.1) is 12.3 Å². The highest BCUT2D eigenvalue weighted by atomic mass is 16.5. The van der Waals surface area contributed by atoms with Gasteiger partial charge in [-0.3, -0.25) is 9.59 Å². The minimum atomic E-state index is -0.939. The summed E-state index contributed by atoms with van der Waals surface area (Å²) in [6.07, 6.45) is 2.34. The van der Waals surface area contributed by atoms with E-state index < -0.39 is 5.41 Å². The van der Waals surface area contributed by atoms with E-state index in [1.165, 1.54) is 5.56 Å². The molecule has 0 radical (unpaired) electrons. The van der Waals surface area contributed by atoms with E-state index in [1.807, 2.05) is 31.2 Å². The molecule has 1 saturated carbocycles. The lowest BCUT2D eigenvalue weighted by atomic mass is 9.79. The summed E-state index contributed by atoms with van der Waals surface area (Å²) in [4.78, 5) is 24.4. The third-order valence-corrected chi connectivity index (χ3v) is 3.83. The molecular formula is C16H20O3. The fourth-order valence-electron chi connectivity index (χ4n) is 2.73. The van der Waals surface area contributed by atoms with Crippen LogP contribution in [0.3, 0.4) is 0 Å². The summed E-state index contributed by atoms with van der Waals surface area (Å²) in [6.45, 7) is 4.12. The normalized spacial score (nSPS) is 22.5. The second kappa shape index (κ2) is 5.55. The molecule has 3 nitrogen and oxygen atoms in total. The monoisotopic (exact) mass is 260 g/mol. The molecule has 0 amide bonds. The predicted molar refractivity (Wildman–Crippen MR) is 72.8 cm³/mol. The lowest BCUT2D eigenvalue weighted by molar-refractivity contribution is -0.158. The van der Waals surface area contributed by atoms with Crippen LogP contribution in [0.5, 0.6) is 0 Å². The second-order valence-electron chi connectivity index (χ2n) is 5.24. The number of benzene rings is 1. The van der Waals surface area contributed by atoms with Crippen LogP contribution in [0.4, 0.5) is 0 Å². The zero-order valence-corrected chi connectivity index (χ0v) is 11.6. The van der Waals surface area contributed by atoms with E-state index in [2.05, 4.69) is 0 Å². The molecule has 1 aliphatic rings. The average Bonchev–Trinajstić information content (AvgIpc) is 2.75. The molecule has 0 heterocycles. The van der Waals surface area contributed by atoms with Crippen molar-refractivity contribution in [3.05, 3.63) is 35.4 Å². The predicted octanol–water partition coefficient (Wildman–Crippen LogP) is 2.84. The van der Waals surface area contributed by atoms with E-state index in [0.717, 1.165) is 12.0 Å². The van der Waals surface area contributed by atoms with E-state index in [0.29, 0.717) is 25.9 Å². The number of hydrogen-bond donors (Lipinski definition) is 0. The van der Waals surface area contributed by atoms with Gasteiger partial charge in [-0.15, -0.1) is 0 Å². The maximum Gasteiger partial charge on any atom is 0.319 e. The zero-order chi connectivity index (χ0) is 13.9. The van der Waals surface area contributed by atoms with E-state index in [1.54, 1.807) is 6.92 Å². The molecule has 1 aromatic rings. The van der Waals surface area contributed by atoms with E-state index in [9.17, 15) is 9.59 Å². The molecule has 0 N–H and O–H groups in total. The quantitative estimate of drug-likeness (QED) is 0.617. The number of ketones is 1. The number of esters is 1. The Hall–Kier alpha value is -1.64. The summed E-state index contributed by atoms with van der Waals surface area (Å²) in [6, 6.07) is 7.99. The van der Waals surface area contributed by atoms with Crippen molar-refractivity contribution in [2.45, 2.75) is 39.5 Å².